The first-order valence-electron chi connectivity index (χ1n) is 4.55. The minimum Gasteiger partial charge on any atom is -0.785 e. The van der Waals surface area contributed by atoms with E-state index in [1.165, 1.54) is 0 Å². The molecule has 6 heteroatoms. The summed E-state index contributed by atoms with van der Waals surface area (Å²) in [5.41, 5.74) is 0. The highest BCUT2D eigenvalue weighted by Gasteiger charge is 2.19. The van der Waals surface area contributed by atoms with Gasteiger partial charge in [0.25, 0.3) is 0 Å². The third-order valence-corrected chi connectivity index (χ3v) is 2.16. The van der Waals surface area contributed by atoms with E-state index in [0.717, 1.165) is 17.9 Å². The van der Waals surface area contributed by atoms with Gasteiger partial charge < -0.3 is 20.7 Å². The molecule has 0 aromatic heterocycles. The number of nitrogens with one attached hydrogen (secondary N) is 1. The van der Waals surface area contributed by atoms with E-state index in [2.05, 4.69) is 5.32 Å². The molecule has 1 aliphatic rings. The Morgan fingerprint density at radius 2 is 2.14 bits per heavy atom. The summed E-state index contributed by atoms with van der Waals surface area (Å²) in [7, 11) is 0. The number of rotatable bonds is 1. The summed E-state index contributed by atoms with van der Waals surface area (Å²) in [6.45, 7) is 0.637. The average molecular weight is 201 g/mol. The Labute approximate surface area is 81.5 Å². The number of aliphatic carboxylic acids is 1. The van der Waals surface area contributed by atoms with E-state index >= 15 is 0 Å². The van der Waals surface area contributed by atoms with Crippen molar-refractivity contribution in [3.05, 3.63) is 5.21 Å². The largest absolute Gasteiger partial charge is 0.785 e. The molecule has 0 radical (unpaired) electrons. The number of hydrogen-bond donors (Lipinski definition) is 2. The predicted molar refractivity (Wildman–Crippen MR) is 48.4 cm³/mol. The van der Waals surface area contributed by atoms with Crippen molar-refractivity contribution < 1.29 is 14.7 Å². The highest BCUT2D eigenvalue weighted by molar-refractivity contribution is 6.31. The summed E-state index contributed by atoms with van der Waals surface area (Å²) < 4.78 is 0. The van der Waals surface area contributed by atoms with E-state index in [0.29, 0.717) is 13.0 Å². The number of carbonyl (C=O) groups is 2. The van der Waals surface area contributed by atoms with Crippen LogP contribution in [0.2, 0.25) is 0 Å². The van der Waals surface area contributed by atoms with Gasteiger partial charge >= 0.3 is 11.9 Å². The van der Waals surface area contributed by atoms with E-state index in [1.807, 2.05) is 0 Å². The number of carbonyl (C=O) groups excluding carboxylic acids is 1. The van der Waals surface area contributed by atoms with Crippen molar-refractivity contribution in [3.8, 4) is 0 Å². The maximum Gasteiger partial charge on any atom is 0.394 e. The first-order valence-corrected chi connectivity index (χ1v) is 4.55. The molecule has 0 saturated carbocycles. The van der Waals surface area contributed by atoms with Crippen molar-refractivity contribution in [1.29, 1.82) is 0 Å². The van der Waals surface area contributed by atoms with Crippen molar-refractivity contribution in [1.82, 2.24) is 10.4 Å². The zero-order valence-corrected chi connectivity index (χ0v) is 7.73. The topological polar surface area (TPSA) is 92.7 Å². The first-order chi connectivity index (χ1) is 6.59. The van der Waals surface area contributed by atoms with Crippen LogP contribution in [0, 0.1) is 5.21 Å². The maximum atomic E-state index is 11.1. The molecule has 1 saturated heterocycles. The minimum absolute atomic E-state index is 0.180. The monoisotopic (exact) mass is 201 g/mol. The molecule has 1 atom stereocenters. The lowest BCUT2D eigenvalue weighted by molar-refractivity contribution is -0.150. The maximum absolute atomic E-state index is 11.1. The molecule has 1 fully saturated rings. The molecular weight excluding hydrogens is 188 g/mol. The molecule has 1 amide bonds. The summed E-state index contributed by atoms with van der Waals surface area (Å²) in [6.07, 6.45) is 2.30. The summed E-state index contributed by atoms with van der Waals surface area (Å²) in [6, 6.07) is -0.335. The second-order valence-electron chi connectivity index (χ2n) is 3.36. The molecule has 1 unspecified atom stereocenters. The van der Waals surface area contributed by atoms with E-state index in [4.69, 9.17) is 5.11 Å². The SMILES string of the molecule is O=C(O)C(=O)NC1CCCCN([O-])C1. The van der Waals surface area contributed by atoms with Crippen LogP contribution >= 0.6 is 0 Å². The number of hydroxylamine groups is 2. The number of carboxylic acid groups (broad SMARTS) is 1. The fraction of sp³-hybridized carbons (Fsp3) is 0.750. The smallest absolute Gasteiger partial charge is 0.394 e. The van der Waals surface area contributed by atoms with Crippen LogP contribution in [0.5, 0.6) is 0 Å². The Morgan fingerprint density at radius 1 is 1.43 bits per heavy atom. The first kappa shape index (κ1) is 10.9. The molecule has 0 spiro atoms. The molecular formula is C8H13N2O4-. The lowest BCUT2D eigenvalue weighted by Crippen LogP contribution is -2.43. The van der Waals surface area contributed by atoms with E-state index in [1.54, 1.807) is 0 Å². The molecule has 1 rings (SSSR count). The van der Waals surface area contributed by atoms with Crippen molar-refractivity contribution in [2.45, 2.75) is 25.3 Å². The van der Waals surface area contributed by atoms with Crippen LogP contribution in [0.25, 0.3) is 0 Å². The number of hydrogen-bond acceptors (Lipinski definition) is 4. The van der Waals surface area contributed by atoms with Gasteiger partial charge in [0.2, 0.25) is 0 Å². The zero-order valence-electron chi connectivity index (χ0n) is 7.73. The van der Waals surface area contributed by atoms with Gasteiger partial charge in [0.15, 0.2) is 0 Å². The van der Waals surface area contributed by atoms with Gasteiger partial charge in [0.05, 0.1) is 0 Å². The van der Waals surface area contributed by atoms with Gasteiger partial charge in [-0.25, -0.2) is 4.79 Å². The molecule has 80 valence electrons. The summed E-state index contributed by atoms with van der Waals surface area (Å²) in [4.78, 5) is 21.0. The minimum atomic E-state index is -1.51. The van der Waals surface area contributed by atoms with Crippen molar-refractivity contribution >= 4 is 11.9 Å². The highest BCUT2D eigenvalue weighted by Crippen LogP contribution is 2.09. The van der Waals surface area contributed by atoms with Gasteiger partial charge in [-0.3, -0.25) is 4.79 Å². The molecule has 1 aliphatic heterocycles. The van der Waals surface area contributed by atoms with Gasteiger partial charge in [0, 0.05) is 12.6 Å². The molecule has 0 bridgehead atoms. The van der Waals surface area contributed by atoms with Gasteiger partial charge in [-0.1, -0.05) is 6.42 Å². The zero-order chi connectivity index (χ0) is 10.6. The summed E-state index contributed by atoms with van der Waals surface area (Å²) in [5, 5.41) is 22.6. The molecule has 1 heterocycles. The Balaban J connectivity index is 2.42. The highest BCUT2D eigenvalue weighted by atomic mass is 16.5. The van der Waals surface area contributed by atoms with Gasteiger partial charge in [-0.2, -0.15) is 0 Å². The normalized spacial score (nSPS) is 23.9. The quantitative estimate of drug-likeness (QED) is 0.560. The molecule has 14 heavy (non-hydrogen) atoms. The third-order valence-electron chi connectivity index (χ3n) is 2.16. The van der Waals surface area contributed by atoms with Gasteiger partial charge in [0.1, 0.15) is 0 Å². The summed E-state index contributed by atoms with van der Waals surface area (Å²) in [5.74, 6) is -2.54. The lowest BCUT2D eigenvalue weighted by Gasteiger charge is -2.29. The Morgan fingerprint density at radius 3 is 2.79 bits per heavy atom. The van der Waals surface area contributed by atoms with Crippen molar-refractivity contribution in [3.63, 3.8) is 0 Å². The third kappa shape index (κ3) is 3.31. The van der Waals surface area contributed by atoms with Crippen LogP contribution < -0.4 is 5.32 Å². The molecule has 2 N–H and O–H groups in total. The molecule has 0 aromatic carbocycles. The Kier molecular flexibility index (Phi) is 3.84. The van der Waals surface area contributed by atoms with Crippen molar-refractivity contribution in [2.24, 2.45) is 0 Å². The van der Waals surface area contributed by atoms with Crippen LogP contribution in [0.15, 0.2) is 0 Å². The standard InChI is InChI=1S/C8H13N2O4/c11-7(8(12)13)9-6-3-1-2-4-10(14)5-6/h6H,1-5H2,(H,9,11)(H,12,13)/q-1. The number of carboxylic acids is 1. The average Bonchev–Trinajstić information content (AvgIpc) is 2.29. The van der Waals surface area contributed by atoms with Crippen LogP contribution in [-0.4, -0.2) is 41.2 Å². The van der Waals surface area contributed by atoms with Crippen molar-refractivity contribution in [2.75, 3.05) is 13.1 Å². The van der Waals surface area contributed by atoms with E-state index in [-0.39, 0.29) is 12.6 Å². The predicted octanol–water partition coefficient (Wildman–Crippen LogP) is -0.461. The van der Waals surface area contributed by atoms with E-state index < -0.39 is 11.9 Å². The van der Waals surface area contributed by atoms with Crippen LogP contribution in [0.1, 0.15) is 19.3 Å². The Hall–Kier alpha value is -1.14. The fourth-order valence-electron chi connectivity index (χ4n) is 1.47. The van der Waals surface area contributed by atoms with Crippen LogP contribution in [-0.2, 0) is 9.59 Å². The second kappa shape index (κ2) is 4.92. The fourth-order valence-corrected chi connectivity index (χ4v) is 1.47. The Bertz CT molecular complexity index is 231. The van der Waals surface area contributed by atoms with E-state index in [9.17, 15) is 14.8 Å². The van der Waals surface area contributed by atoms with Crippen LogP contribution in [0.4, 0.5) is 0 Å². The van der Waals surface area contributed by atoms with Crippen LogP contribution in [0.3, 0.4) is 0 Å². The molecule has 0 aromatic rings. The number of nitrogens with zero attached hydrogens (tertiary/aromatic N) is 1. The number of amides is 1. The second-order valence-corrected chi connectivity index (χ2v) is 3.36. The lowest BCUT2D eigenvalue weighted by atomic mass is 10.1. The molecule has 6 nitrogen and oxygen atoms in total. The summed E-state index contributed by atoms with van der Waals surface area (Å²) >= 11 is 0. The van der Waals surface area contributed by atoms with Gasteiger partial charge in [-0.05, 0) is 19.4 Å². The molecule has 0 aliphatic carbocycles. The van der Waals surface area contributed by atoms with Gasteiger partial charge in [-0.15, -0.1) is 0 Å².